The van der Waals surface area contributed by atoms with Gasteiger partial charge in [0.15, 0.2) is 0 Å². The number of nitrogens with zero attached hydrogens (tertiary/aromatic N) is 2. The molecule has 0 saturated carbocycles. The maximum absolute atomic E-state index is 12.6. The molecule has 1 saturated heterocycles. The minimum Gasteiger partial charge on any atom is -0.339 e. The van der Waals surface area contributed by atoms with Crippen molar-refractivity contribution < 1.29 is 14.4 Å². The predicted molar refractivity (Wildman–Crippen MR) is 87.6 cm³/mol. The smallest absolute Gasteiger partial charge is 0.261 e. The molecule has 120 valence electrons. The normalized spacial score (nSPS) is 16.2. The third-order valence-electron chi connectivity index (χ3n) is 4.54. The van der Waals surface area contributed by atoms with E-state index in [4.69, 9.17) is 0 Å². The summed E-state index contributed by atoms with van der Waals surface area (Å²) in [5, 5.41) is 0. The van der Waals surface area contributed by atoms with Crippen LogP contribution in [0.3, 0.4) is 0 Å². The number of carbonyl (C=O) groups is 3. The first-order valence-electron chi connectivity index (χ1n) is 7.98. The molecular formula is C19H16N2O3. The topological polar surface area (TPSA) is 57.7 Å². The van der Waals surface area contributed by atoms with Gasteiger partial charge in [0.2, 0.25) is 0 Å². The molecule has 0 aromatic heterocycles. The summed E-state index contributed by atoms with van der Waals surface area (Å²) in [7, 11) is 0. The molecule has 0 unspecified atom stereocenters. The zero-order valence-electron chi connectivity index (χ0n) is 13.1. The van der Waals surface area contributed by atoms with E-state index in [1.165, 1.54) is 4.90 Å². The summed E-state index contributed by atoms with van der Waals surface area (Å²) < 4.78 is 0. The van der Waals surface area contributed by atoms with Gasteiger partial charge < -0.3 is 4.90 Å². The van der Waals surface area contributed by atoms with Gasteiger partial charge in [0.25, 0.3) is 17.7 Å². The van der Waals surface area contributed by atoms with Gasteiger partial charge in [0.1, 0.15) is 0 Å². The molecule has 2 aromatic carbocycles. The number of benzene rings is 2. The minimum absolute atomic E-state index is 0.0780. The van der Waals surface area contributed by atoms with E-state index < -0.39 is 0 Å². The Morgan fingerprint density at radius 1 is 0.917 bits per heavy atom. The van der Waals surface area contributed by atoms with Gasteiger partial charge >= 0.3 is 0 Å². The summed E-state index contributed by atoms with van der Waals surface area (Å²) in [5.41, 5.74) is 2.05. The number of fused-ring (bicyclic) bond motifs is 1. The van der Waals surface area contributed by atoms with E-state index in [2.05, 4.69) is 0 Å². The first-order chi connectivity index (χ1) is 11.6. The highest BCUT2D eigenvalue weighted by Gasteiger charge is 2.36. The molecule has 24 heavy (non-hydrogen) atoms. The molecule has 2 heterocycles. The van der Waals surface area contributed by atoms with Crippen molar-refractivity contribution in [1.29, 1.82) is 0 Å². The van der Waals surface area contributed by atoms with Crippen molar-refractivity contribution in [3.63, 3.8) is 0 Å². The molecule has 0 atom stereocenters. The average Bonchev–Trinajstić information content (AvgIpc) is 2.79. The highest BCUT2D eigenvalue weighted by atomic mass is 16.2. The molecule has 0 N–H and O–H groups in total. The highest BCUT2D eigenvalue weighted by molar-refractivity contribution is 6.22. The zero-order valence-corrected chi connectivity index (χ0v) is 13.1. The third kappa shape index (κ3) is 2.29. The van der Waals surface area contributed by atoms with Crippen LogP contribution in [0.1, 0.15) is 43.1 Å². The van der Waals surface area contributed by atoms with Crippen LogP contribution >= 0.6 is 0 Å². The van der Waals surface area contributed by atoms with Gasteiger partial charge in [-0.1, -0.05) is 30.3 Å². The molecule has 4 rings (SSSR count). The second-order valence-corrected chi connectivity index (χ2v) is 6.09. The van der Waals surface area contributed by atoms with Crippen LogP contribution in [0.15, 0.2) is 48.5 Å². The van der Waals surface area contributed by atoms with Crippen molar-refractivity contribution in [2.24, 2.45) is 0 Å². The number of rotatable bonds is 3. The van der Waals surface area contributed by atoms with Crippen LogP contribution in [0, 0.1) is 0 Å². The Balaban J connectivity index is 1.62. The van der Waals surface area contributed by atoms with Crippen LogP contribution in [0.4, 0.5) is 0 Å². The monoisotopic (exact) mass is 320 g/mol. The Labute approximate surface area is 139 Å². The molecule has 0 spiro atoms. The van der Waals surface area contributed by atoms with Crippen molar-refractivity contribution >= 4 is 17.7 Å². The average molecular weight is 320 g/mol. The predicted octanol–water partition coefficient (Wildman–Crippen LogP) is 2.33. The molecule has 2 aliphatic rings. The first kappa shape index (κ1) is 14.6. The largest absolute Gasteiger partial charge is 0.339 e. The van der Waals surface area contributed by atoms with Crippen molar-refractivity contribution in [3.05, 3.63) is 70.8 Å². The Morgan fingerprint density at radius 2 is 1.62 bits per heavy atom. The Kier molecular flexibility index (Phi) is 3.41. The van der Waals surface area contributed by atoms with Gasteiger partial charge in [-0.05, 0) is 30.2 Å². The Hall–Kier alpha value is -2.95. The van der Waals surface area contributed by atoms with E-state index in [0.717, 1.165) is 25.1 Å². The quantitative estimate of drug-likeness (QED) is 0.816. The van der Waals surface area contributed by atoms with Crippen LogP contribution in [0.25, 0.3) is 0 Å². The lowest BCUT2D eigenvalue weighted by Crippen LogP contribution is -2.42. The maximum atomic E-state index is 12.6. The van der Waals surface area contributed by atoms with E-state index in [0.29, 0.717) is 16.7 Å². The van der Waals surface area contributed by atoms with Gasteiger partial charge in [-0.25, -0.2) is 0 Å². The van der Waals surface area contributed by atoms with Crippen molar-refractivity contribution in [2.45, 2.75) is 13.0 Å². The van der Waals surface area contributed by atoms with Gasteiger partial charge in [-0.3, -0.25) is 19.3 Å². The van der Waals surface area contributed by atoms with Crippen LogP contribution in [-0.2, 0) is 6.54 Å². The van der Waals surface area contributed by atoms with E-state index in [-0.39, 0.29) is 24.3 Å². The van der Waals surface area contributed by atoms with Crippen LogP contribution < -0.4 is 0 Å². The van der Waals surface area contributed by atoms with Gasteiger partial charge in [-0.15, -0.1) is 0 Å². The van der Waals surface area contributed by atoms with Crippen LogP contribution in [-0.4, -0.2) is 40.6 Å². The SMILES string of the molecule is O=C(c1ccc2c(c1)C(=O)N(Cc1ccccc1)C2=O)N1CCC1. The number of hydrogen-bond acceptors (Lipinski definition) is 3. The summed E-state index contributed by atoms with van der Waals surface area (Å²) in [5.74, 6) is -0.718. The standard InChI is InChI=1S/C19H16N2O3/c22-17(20-9-4-10-20)14-7-8-15-16(11-14)19(24)21(18(15)23)12-13-5-2-1-3-6-13/h1-3,5-8,11H,4,9-10,12H2. The van der Waals surface area contributed by atoms with E-state index in [9.17, 15) is 14.4 Å². The third-order valence-corrected chi connectivity index (χ3v) is 4.54. The molecule has 2 aliphatic heterocycles. The number of hydrogen-bond donors (Lipinski definition) is 0. The highest BCUT2D eigenvalue weighted by Crippen LogP contribution is 2.26. The lowest BCUT2D eigenvalue weighted by molar-refractivity contribution is 0.0639. The fourth-order valence-corrected chi connectivity index (χ4v) is 3.04. The van der Waals surface area contributed by atoms with Crippen molar-refractivity contribution in [2.75, 3.05) is 13.1 Å². The number of likely N-dealkylation sites (tertiary alicyclic amines) is 1. The lowest BCUT2D eigenvalue weighted by atomic mass is 10.0. The maximum Gasteiger partial charge on any atom is 0.261 e. The van der Waals surface area contributed by atoms with Crippen LogP contribution in [0.2, 0.25) is 0 Å². The molecule has 5 nitrogen and oxygen atoms in total. The summed E-state index contributed by atoms with van der Waals surface area (Å²) in [6.07, 6.45) is 1.01. The zero-order chi connectivity index (χ0) is 16.7. The molecule has 0 aliphatic carbocycles. The Morgan fingerprint density at radius 3 is 2.29 bits per heavy atom. The number of carbonyl (C=O) groups excluding carboxylic acids is 3. The van der Waals surface area contributed by atoms with E-state index in [1.54, 1.807) is 23.1 Å². The number of amides is 3. The molecule has 2 aromatic rings. The van der Waals surface area contributed by atoms with Gasteiger partial charge in [0.05, 0.1) is 17.7 Å². The number of imide groups is 1. The second-order valence-electron chi connectivity index (χ2n) is 6.09. The molecule has 0 bridgehead atoms. The van der Waals surface area contributed by atoms with Gasteiger partial charge in [0, 0.05) is 18.7 Å². The van der Waals surface area contributed by atoms with E-state index in [1.807, 2.05) is 30.3 Å². The summed E-state index contributed by atoms with van der Waals surface area (Å²) in [4.78, 5) is 40.4. The second kappa shape index (κ2) is 5.60. The summed E-state index contributed by atoms with van der Waals surface area (Å²) in [6, 6.07) is 14.2. The molecular weight excluding hydrogens is 304 g/mol. The summed E-state index contributed by atoms with van der Waals surface area (Å²) >= 11 is 0. The fourth-order valence-electron chi connectivity index (χ4n) is 3.04. The van der Waals surface area contributed by atoms with Crippen LogP contribution in [0.5, 0.6) is 0 Å². The lowest BCUT2D eigenvalue weighted by Gasteiger charge is -2.30. The fraction of sp³-hybridized carbons (Fsp3) is 0.211. The molecule has 3 amide bonds. The van der Waals surface area contributed by atoms with E-state index >= 15 is 0 Å². The van der Waals surface area contributed by atoms with Crippen molar-refractivity contribution in [1.82, 2.24) is 9.80 Å². The first-order valence-corrected chi connectivity index (χ1v) is 7.98. The molecule has 1 fully saturated rings. The molecule has 0 radical (unpaired) electrons. The van der Waals surface area contributed by atoms with Gasteiger partial charge in [-0.2, -0.15) is 0 Å². The summed E-state index contributed by atoms with van der Waals surface area (Å²) in [6.45, 7) is 1.74. The molecule has 5 heteroatoms. The Bertz CT molecular complexity index is 841. The minimum atomic E-state index is -0.336. The van der Waals surface area contributed by atoms with Crippen molar-refractivity contribution in [3.8, 4) is 0 Å².